The van der Waals surface area contributed by atoms with Gasteiger partial charge in [0.05, 0.1) is 0 Å². The molecule has 0 spiro atoms. The van der Waals surface area contributed by atoms with Crippen molar-refractivity contribution in [1.82, 2.24) is 4.98 Å². The molecule has 1 aliphatic heterocycles. The normalized spacial score (nSPS) is 14.7. The molecule has 0 fully saturated rings. The van der Waals surface area contributed by atoms with Gasteiger partial charge in [-0.05, 0) is 6.07 Å². The molecule has 0 unspecified atom stereocenters. The van der Waals surface area contributed by atoms with E-state index in [0.717, 1.165) is 12.4 Å². The Labute approximate surface area is 53.6 Å². The highest BCUT2D eigenvalue weighted by atomic mass is 15.0. The highest BCUT2D eigenvalue weighted by Gasteiger charge is 2.00. The van der Waals surface area contributed by atoms with Crippen molar-refractivity contribution in [1.29, 1.82) is 0 Å². The average molecular weight is 120 g/mol. The van der Waals surface area contributed by atoms with Gasteiger partial charge in [-0.15, -0.1) is 0 Å². The third kappa shape index (κ3) is 0.633. The minimum absolute atomic E-state index is 0.938. The number of rotatable bonds is 0. The fraction of sp³-hybridized carbons (Fsp3) is 0.143. The molecule has 0 amide bonds. The van der Waals surface area contributed by atoms with Crippen LogP contribution in [0.1, 0.15) is 5.56 Å². The minimum atomic E-state index is 0.938. The standard InChI is InChI=1S/C7H8N2/c1-2-6-3-5-9-7(6)8-4-1/h1-3,5,8-9H,4H2. The lowest BCUT2D eigenvalue weighted by Gasteiger charge is -2.06. The third-order valence-corrected chi connectivity index (χ3v) is 1.47. The van der Waals surface area contributed by atoms with Crippen molar-refractivity contribution in [3.8, 4) is 0 Å². The quantitative estimate of drug-likeness (QED) is 0.533. The number of hydrogen-bond acceptors (Lipinski definition) is 1. The summed E-state index contributed by atoms with van der Waals surface area (Å²) in [4.78, 5) is 3.10. The molecule has 46 valence electrons. The van der Waals surface area contributed by atoms with Crippen molar-refractivity contribution in [3.63, 3.8) is 0 Å². The Balaban J connectivity index is 2.53. The topological polar surface area (TPSA) is 27.8 Å². The van der Waals surface area contributed by atoms with E-state index >= 15 is 0 Å². The van der Waals surface area contributed by atoms with Crippen molar-refractivity contribution >= 4 is 11.9 Å². The Morgan fingerprint density at radius 2 is 2.44 bits per heavy atom. The second-order valence-electron chi connectivity index (χ2n) is 2.09. The lowest BCUT2D eigenvalue weighted by Crippen LogP contribution is -2.02. The first-order valence-electron chi connectivity index (χ1n) is 3.04. The number of fused-ring (bicyclic) bond motifs is 1. The second kappa shape index (κ2) is 1.65. The zero-order valence-corrected chi connectivity index (χ0v) is 5.02. The molecule has 2 nitrogen and oxygen atoms in total. The van der Waals surface area contributed by atoms with Gasteiger partial charge >= 0.3 is 0 Å². The summed E-state index contributed by atoms with van der Waals surface area (Å²) in [5.74, 6) is 1.14. The number of H-pyrrole nitrogens is 1. The van der Waals surface area contributed by atoms with Crippen molar-refractivity contribution in [2.75, 3.05) is 11.9 Å². The van der Waals surface area contributed by atoms with Gasteiger partial charge < -0.3 is 10.3 Å². The largest absolute Gasteiger partial charge is 0.368 e. The second-order valence-corrected chi connectivity index (χ2v) is 2.09. The maximum atomic E-state index is 3.20. The molecule has 1 aromatic heterocycles. The van der Waals surface area contributed by atoms with Crippen molar-refractivity contribution < 1.29 is 0 Å². The molecule has 0 saturated heterocycles. The molecule has 0 radical (unpaired) electrons. The Kier molecular flexibility index (Phi) is 0.859. The van der Waals surface area contributed by atoms with Crippen LogP contribution in [0.2, 0.25) is 0 Å². The molecule has 0 atom stereocenters. The predicted molar refractivity (Wildman–Crippen MR) is 38.3 cm³/mol. The SMILES string of the molecule is C1=Cc2cc[nH]c2NC1. The van der Waals surface area contributed by atoms with Gasteiger partial charge in [0.2, 0.25) is 0 Å². The smallest absolute Gasteiger partial charge is 0.110 e. The first-order valence-corrected chi connectivity index (χ1v) is 3.04. The lowest BCUT2D eigenvalue weighted by molar-refractivity contribution is 1.25. The minimum Gasteiger partial charge on any atom is -0.368 e. The molecule has 9 heavy (non-hydrogen) atoms. The van der Waals surface area contributed by atoms with Gasteiger partial charge in [-0.1, -0.05) is 12.2 Å². The molecular weight excluding hydrogens is 112 g/mol. The first-order chi connectivity index (χ1) is 4.47. The van der Waals surface area contributed by atoms with Gasteiger partial charge in [0.15, 0.2) is 0 Å². The lowest BCUT2D eigenvalue weighted by atomic mass is 10.2. The van der Waals surface area contributed by atoms with E-state index in [1.54, 1.807) is 0 Å². The van der Waals surface area contributed by atoms with Gasteiger partial charge in [0.1, 0.15) is 5.82 Å². The Morgan fingerprint density at radius 1 is 1.44 bits per heavy atom. The highest BCUT2D eigenvalue weighted by molar-refractivity contribution is 5.66. The van der Waals surface area contributed by atoms with Gasteiger partial charge in [0.25, 0.3) is 0 Å². The summed E-state index contributed by atoms with van der Waals surface area (Å²) in [6, 6.07) is 2.05. The molecule has 0 aliphatic carbocycles. The molecule has 2 heteroatoms. The van der Waals surface area contributed by atoms with E-state index in [1.807, 2.05) is 6.20 Å². The van der Waals surface area contributed by atoms with Crippen LogP contribution in [-0.4, -0.2) is 11.5 Å². The van der Waals surface area contributed by atoms with E-state index in [-0.39, 0.29) is 0 Å². The van der Waals surface area contributed by atoms with Crippen LogP contribution >= 0.6 is 0 Å². The zero-order chi connectivity index (χ0) is 6.10. The maximum absolute atomic E-state index is 3.20. The van der Waals surface area contributed by atoms with Crippen LogP contribution in [0, 0.1) is 0 Å². The van der Waals surface area contributed by atoms with Gasteiger partial charge in [-0.3, -0.25) is 0 Å². The summed E-state index contributed by atoms with van der Waals surface area (Å²) in [6.07, 6.45) is 6.16. The zero-order valence-electron chi connectivity index (χ0n) is 5.02. The Hall–Kier alpha value is -1.18. The van der Waals surface area contributed by atoms with Crippen molar-refractivity contribution in [2.45, 2.75) is 0 Å². The van der Waals surface area contributed by atoms with E-state index in [4.69, 9.17) is 0 Å². The molecule has 2 heterocycles. The van der Waals surface area contributed by atoms with Crippen molar-refractivity contribution in [2.24, 2.45) is 0 Å². The maximum Gasteiger partial charge on any atom is 0.110 e. The number of nitrogens with one attached hydrogen (secondary N) is 2. The molecule has 0 saturated carbocycles. The van der Waals surface area contributed by atoms with Crippen LogP contribution in [0.3, 0.4) is 0 Å². The third-order valence-electron chi connectivity index (χ3n) is 1.47. The van der Waals surface area contributed by atoms with E-state index < -0.39 is 0 Å². The van der Waals surface area contributed by atoms with Gasteiger partial charge in [-0.25, -0.2) is 0 Å². The van der Waals surface area contributed by atoms with Crippen LogP contribution in [-0.2, 0) is 0 Å². The predicted octanol–water partition coefficient (Wildman–Crippen LogP) is 1.45. The van der Waals surface area contributed by atoms with E-state index in [0.29, 0.717) is 0 Å². The monoisotopic (exact) mass is 120 g/mol. The van der Waals surface area contributed by atoms with Crippen molar-refractivity contribution in [3.05, 3.63) is 23.9 Å². The van der Waals surface area contributed by atoms with Crippen LogP contribution in [0.5, 0.6) is 0 Å². The number of anilines is 1. The first kappa shape index (κ1) is 4.68. The summed E-state index contributed by atoms with van der Waals surface area (Å²) in [7, 11) is 0. The number of hydrogen-bond donors (Lipinski definition) is 2. The molecular formula is C7H8N2. The molecule has 1 aliphatic rings. The Bertz CT molecular complexity index is 235. The van der Waals surface area contributed by atoms with E-state index in [1.165, 1.54) is 5.56 Å². The van der Waals surface area contributed by atoms with Gasteiger partial charge in [-0.2, -0.15) is 0 Å². The number of aromatic amines is 1. The molecule has 2 N–H and O–H groups in total. The summed E-state index contributed by atoms with van der Waals surface area (Å²) in [6.45, 7) is 0.938. The Morgan fingerprint density at radius 3 is 3.33 bits per heavy atom. The molecule has 2 rings (SSSR count). The molecule has 1 aromatic rings. The summed E-state index contributed by atoms with van der Waals surface area (Å²) in [5.41, 5.74) is 1.25. The van der Waals surface area contributed by atoms with Crippen LogP contribution in [0.4, 0.5) is 5.82 Å². The molecule has 0 bridgehead atoms. The van der Waals surface area contributed by atoms with E-state index in [2.05, 4.69) is 28.5 Å². The van der Waals surface area contributed by atoms with E-state index in [9.17, 15) is 0 Å². The van der Waals surface area contributed by atoms with Crippen LogP contribution in [0.15, 0.2) is 18.3 Å². The summed E-state index contributed by atoms with van der Waals surface area (Å²) in [5, 5.41) is 3.20. The highest BCUT2D eigenvalue weighted by Crippen LogP contribution is 2.16. The molecule has 0 aromatic carbocycles. The van der Waals surface area contributed by atoms with Crippen LogP contribution in [0.25, 0.3) is 6.08 Å². The fourth-order valence-electron chi connectivity index (χ4n) is 1.02. The summed E-state index contributed by atoms with van der Waals surface area (Å²) < 4.78 is 0. The number of aromatic nitrogens is 1. The van der Waals surface area contributed by atoms with Gasteiger partial charge in [0, 0.05) is 18.3 Å². The van der Waals surface area contributed by atoms with Crippen LogP contribution < -0.4 is 5.32 Å². The summed E-state index contributed by atoms with van der Waals surface area (Å²) >= 11 is 0. The average Bonchev–Trinajstić information content (AvgIpc) is 2.33. The fourth-order valence-corrected chi connectivity index (χ4v) is 1.02.